The van der Waals surface area contributed by atoms with E-state index in [0.717, 1.165) is 40.2 Å². The van der Waals surface area contributed by atoms with Gasteiger partial charge in [0.25, 0.3) is 0 Å². The maximum Gasteiger partial charge on any atom is 0.248 e. The molecular formula is C37H47F2NO2. The molecule has 0 spiro atoms. The first-order valence-electron chi connectivity index (χ1n) is 15.0. The van der Waals surface area contributed by atoms with Crippen molar-refractivity contribution >= 4 is 28.4 Å². The molecule has 2 aromatic carbocycles. The SMILES string of the molecule is C=C/C(=C\C(C)(C)CC)c1cccc(C(C)C2(C=O)CCC(F)(F)CC2)c1.CC.CC(=O)c1nccc2ccccc12. The Morgan fingerprint density at radius 1 is 1.05 bits per heavy atom. The number of Topliss-reactive ketones (excluding diaryl/α,β-unsaturated/α-hetero) is 1. The number of nitrogens with zero attached hydrogens (tertiary/aromatic N) is 1. The molecule has 3 nitrogen and oxygen atoms in total. The summed E-state index contributed by atoms with van der Waals surface area (Å²) in [6, 6.07) is 17.8. The molecule has 0 N–H and O–H groups in total. The molecule has 1 aromatic heterocycles. The van der Waals surface area contributed by atoms with Crippen LogP contribution in [0.25, 0.3) is 16.3 Å². The Bertz CT molecular complexity index is 1370. The zero-order chi connectivity index (χ0) is 31.6. The summed E-state index contributed by atoms with van der Waals surface area (Å²) < 4.78 is 27.2. The van der Waals surface area contributed by atoms with Crippen LogP contribution in [0, 0.1) is 10.8 Å². The normalized spacial score (nSPS) is 16.6. The third-order valence-corrected chi connectivity index (χ3v) is 8.41. The van der Waals surface area contributed by atoms with Crippen LogP contribution in [0.4, 0.5) is 8.78 Å². The van der Waals surface area contributed by atoms with Gasteiger partial charge in [-0.05, 0) is 58.7 Å². The molecule has 1 aliphatic carbocycles. The lowest BCUT2D eigenvalue weighted by molar-refractivity contribution is -0.126. The van der Waals surface area contributed by atoms with Crippen LogP contribution < -0.4 is 0 Å². The van der Waals surface area contributed by atoms with E-state index in [1.165, 1.54) is 6.92 Å². The van der Waals surface area contributed by atoms with Crippen LogP contribution in [0.15, 0.2) is 79.5 Å². The summed E-state index contributed by atoms with van der Waals surface area (Å²) in [5.41, 5.74) is 3.04. The number of aromatic nitrogens is 1. The number of benzene rings is 2. The Labute approximate surface area is 251 Å². The molecule has 1 fully saturated rings. The lowest BCUT2D eigenvalue weighted by Crippen LogP contribution is -2.38. The number of carbonyl (C=O) groups excluding carboxylic acids is 2. The molecule has 4 rings (SSSR count). The lowest BCUT2D eigenvalue weighted by atomic mass is 9.64. The molecule has 3 aromatic rings. The molecule has 226 valence electrons. The third-order valence-electron chi connectivity index (χ3n) is 8.41. The van der Waals surface area contributed by atoms with Crippen molar-refractivity contribution < 1.29 is 18.4 Å². The molecule has 0 amide bonds. The molecule has 1 saturated carbocycles. The van der Waals surface area contributed by atoms with Crippen molar-refractivity contribution in [2.45, 2.75) is 92.4 Å². The maximum atomic E-state index is 13.6. The van der Waals surface area contributed by atoms with Crippen molar-refractivity contribution in [2.75, 3.05) is 0 Å². The number of allylic oxidation sites excluding steroid dienone is 3. The summed E-state index contributed by atoms with van der Waals surface area (Å²) >= 11 is 0. The summed E-state index contributed by atoms with van der Waals surface area (Å²) in [7, 11) is 0. The molecule has 5 heteroatoms. The molecule has 0 bridgehead atoms. The van der Waals surface area contributed by atoms with Crippen molar-refractivity contribution in [2.24, 2.45) is 10.8 Å². The number of hydrogen-bond acceptors (Lipinski definition) is 3. The number of hydrogen-bond donors (Lipinski definition) is 0. The largest absolute Gasteiger partial charge is 0.303 e. The number of fused-ring (bicyclic) bond motifs is 1. The van der Waals surface area contributed by atoms with Gasteiger partial charge in [0.15, 0.2) is 5.78 Å². The second-order valence-electron chi connectivity index (χ2n) is 11.6. The highest BCUT2D eigenvalue weighted by atomic mass is 19.3. The van der Waals surface area contributed by atoms with E-state index in [1.807, 2.05) is 75.4 Å². The second kappa shape index (κ2) is 15.1. The lowest BCUT2D eigenvalue weighted by Gasteiger charge is -2.40. The average Bonchev–Trinajstić information content (AvgIpc) is 3.01. The molecule has 0 radical (unpaired) electrons. The zero-order valence-electron chi connectivity index (χ0n) is 26.3. The Kier molecular flexibility index (Phi) is 12.5. The summed E-state index contributed by atoms with van der Waals surface area (Å²) in [5.74, 6) is -2.73. The average molecular weight is 576 g/mol. The van der Waals surface area contributed by atoms with Crippen molar-refractivity contribution in [3.63, 3.8) is 0 Å². The van der Waals surface area contributed by atoms with Gasteiger partial charge in [-0.1, -0.05) is 109 Å². The van der Waals surface area contributed by atoms with Gasteiger partial charge in [0, 0.05) is 36.8 Å². The highest BCUT2D eigenvalue weighted by Gasteiger charge is 2.46. The Morgan fingerprint density at radius 3 is 2.26 bits per heavy atom. The fraction of sp³-hybridized carbons (Fsp3) is 0.432. The van der Waals surface area contributed by atoms with Crippen molar-refractivity contribution in [3.8, 4) is 0 Å². The summed E-state index contributed by atoms with van der Waals surface area (Å²) in [5, 5.41) is 1.99. The standard InChI is InChI=1S/C24H32F2O.C11H9NO.C2H6/c1-6-19(16-22(4,5)7-2)21-10-8-9-20(15-21)18(3)23(17-27)11-13-24(25,26)14-12-23;1-8(13)11-10-5-3-2-4-9(10)6-7-12-11;1-2/h6,8-10,15-18H,1,7,11-14H2,2-5H3;2-7H,1H3;1-2H3/b19-16+;;. The number of aldehydes is 1. The molecule has 1 aliphatic rings. The van der Waals surface area contributed by atoms with Gasteiger partial charge in [-0.15, -0.1) is 0 Å². The van der Waals surface area contributed by atoms with E-state index in [-0.39, 0.29) is 42.8 Å². The molecule has 0 saturated heterocycles. The first kappa shape index (κ1) is 34.7. The minimum Gasteiger partial charge on any atom is -0.303 e. The highest BCUT2D eigenvalue weighted by Crippen LogP contribution is 2.50. The van der Waals surface area contributed by atoms with Crippen molar-refractivity contribution in [1.82, 2.24) is 4.98 Å². The smallest absolute Gasteiger partial charge is 0.248 e. The minimum atomic E-state index is -2.64. The maximum absolute atomic E-state index is 13.6. The first-order valence-corrected chi connectivity index (χ1v) is 15.0. The summed E-state index contributed by atoms with van der Waals surface area (Å²) in [4.78, 5) is 27.2. The molecule has 0 aliphatic heterocycles. The van der Waals surface area contributed by atoms with E-state index in [1.54, 1.807) is 6.20 Å². The van der Waals surface area contributed by atoms with Crippen LogP contribution in [0.2, 0.25) is 0 Å². The second-order valence-corrected chi connectivity index (χ2v) is 11.6. The van der Waals surface area contributed by atoms with Crippen LogP contribution in [-0.4, -0.2) is 23.0 Å². The van der Waals surface area contributed by atoms with Gasteiger partial charge in [-0.2, -0.15) is 0 Å². The monoisotopic (exact) mass is 575 g/mol. The number of rotatable bonds is 8. The molecule has 1 unspecified atom stereocenters. The highest BCUT2D eigenvalue weighted by molar-refractivity contribution is 6.05. The molecule has 42 heavy (non-hydrogen) atoms. The summed E-state index contributed by atoms with van der Waals surface area (Å²) in [6.45, 7) is 18.0. The van der Waals surface area contributed by atoms with E-state index in [9.17, 15) is 18.4 Å². The topological polar surface area (TPSA) is 47.0 Å². The predicted octanol–water partition coefficient (Wildman–Crippen LogP) is 10.7. The number of pyridine rings is 1. The Hall–Kier alpha value is -3.47. The number of carbonyl (C=O) groups is 2. The molecule has 1 heterocycles. The number of ketones is 1. The fourth-order valence-electron chi connectivity index (χ4n) is 5.24. The van der Waals surface area contributed by atoms with Crippen LogP contribution in [0.3, 0.4) is 0 Å². The van der Waals surface area contributed by atoms with E-state index in [2.05, 4.69) is 44.5 Å². The van der Waals surface area contributed by atoms with Gasteiger partial charge >= 0.3 is 0 Å². The zero-order valence-corrected chi connectivity index (χ0v) is 26.3. The fourth-order valence-corrected chi connectivity index (χ4v) is 5.24. The first-order chi connectivity index (χ1) is 19.9. The van der Waals surface area contributed by atoms with Crippen molar-refractivity contribution in [3.05, 3.63) is 96.3 Å². The van der Waals surface area contributed by atoms with Crippen LogP contribution in [0.1, 0.15) is 108 Å². The van der Waals surface area contributed by atoms with Crippen LogP contribution >= 0.6 is 0 Å². The Morgan fingerprint density at radius 2 is 1.69 bits per heavy atom. The summed E-state index contributed by atoms with van der Waals surface area (Å²) in [6.07, 6.45) is 7.74. The van der Waals surface area contributed by atoms with Gasteiger partial charge in [0.05, 0.1) is 0 Å². The minimum absolute atomic E-state index is 0.0109. The van der Waals surface area contributed by atoms with Gasteiger partial charge in [-0.3, -0.25) is 9.78 Å². The predicted molar refractivity (Wildman–Crippen MR) is 172 cm³/mol. The van der Waals surface area contributed by atoms with E-state index in [4.69, 9.17) is 0 Å². The third kappa shape index (κ3) is 8.77. The molecule has 1 atom stereocenters. The van der Waals surface area contributed by atoms with Crippen LogP contribution in [0.5, 0.6) is 0 Å². The van der Waals surface area contributed by atoms with E-state index in [0.29, 0.717) is 5.69 Å². The van der Waals surface area contributed by atoms with Crippen LogP contribution in [-0.2, 0) is 4.79 Å². The molecular weight excluding hydrogens is 528 g/mol. The Balaban J connectivity index is 0.000000340. The number of halogens is 2. The van der Waals surface area contributed by atoms with E-state index >= 15 is 0 Å². The van der Waals surface area contributed by atoms with Crippen molar-refractivity contribution in [1.29, 1.82) is 0 Å². The van der Waals surface area contributed by atoms with Gasteiger partial charge in [-0.25, -0.2) is 8.78 Å². The quantitative estimate of drug-likeness (QED) is 0.152. The van der Waals surface area contributed by atoms with Gasteiger partial charge in [0.1, 0.15) is 12.0 Å². The van der Waals surface area contributed by atoms with Gasteiger partial charge in [0.2, 0.25) is 5.92 Å². The number of alkyl halides is 2. The van der Waals surface area contributed by atoms with Gasteiger partial charge < -0.3 is 4.79 Å². The van der Waals surface area contributed by atoms with E-state index < -0.39 is 11.3 Å².